The largest absolute Gasteiger partial charge is 0.438 e. The first kappa shape index (κ1) is 21.5. The zero-order chi connectivity index (χ0) is 23.9. The molecule has 1 aliphatic carbocycles. The van der Waals surface area contributed by atoms with Gasteiger partial charge in [-0.3, -0.25) is 14.7 Å². The number of ether oxygens (including phenoxy) is 1. The Kier molecular flexibility index (Phi) is 5.20. The molecule has 0 unspecified atom stereocenters. The third kappa shape index (κ3) is 3.94. The summed E-state index contributed by atoms with van der Waals surface area (Å²) in [6.45, 7) is 3.69. The van der Waals surface area contributed by atoms with Crippen molar-refractivity contribution in [2.24, 2.45) is 5.41 Å². The van der Waals surface area contributed by atoms with Gasteiger partial charge in [-0.15, -0.1) is 0 Å². The van der Waals surface area contributed by atoms with Crippen LogP contribution >= 0.6 is 0 Å². The lowest BCUT2D eigenvalue weighted by Crippen LogP contribution is -2.35. The number of halogens is 1. The van der Waals surface area contributed by atoms with Gasteiger partial charge in [0.2, 0.25) is 17.7 Å². The fourth-order valence-corrected chi connectivity index (χ4v) is 3.71. The molecule has 1 fully saturated rings. The number of nitrogens with one attached hydrogen (secondary N) is 3. The maximum Gasteiger partial charge on any atom is 0.240 e. The number of H-pyrrole nitrogens is 1. The van der Waals surface area contributed by atoms with Crippen molar-refractivity contribution >= 4 is 34.2 Å². The number of aryl methyl sites for hydroxylation is 2. The molecule has 1 aliphatic rings. The second-order valence-electron chi connectivity index (χ2n) is 8.30. The molecule has 0 atom stereocenters. The summed E-state index contributed by atoms with van der Waals surface area (Å²) in [5, 5.41) is 13.3. The van der Waals surface area contributed by atoms with Gasteiger partial charge in [-0.25, -0.2) is 14.4 Å². The fourth-order valence-electron chi connectivity index (χ4n) is 3.71. The van der Waals surface area contributed by atoms with Gasteiger partial charge in [-0.2, -0.15) is 5.10 Å². The number of pyridine rings is 2. The Morgan fingerprint density at radius 1 is 1.03 bits per heavy atom. The van der Waals surface area contributed by atoms with Crippen molar-refractivity contribution in [1.29, 1.82) is 0 Å². The van der Waals surface area contributed by atoms with Crippen LogP contribution in [0.4, 0.5) is 15.8 Å². The molecule has 0 bridgehead atoms. The molecule has 3 heterocycles. The van der Waals surface area contributed by atoms with Gasteiger partial charge in [0.05, 0.1) is 17.3 Å². The average Bonchev–Trinajstić information content (AvgIpc) is 3.55. The lowest BCUT2D eigenvalue weighted by Gasteiger charge is -2.16. The van der Waals surface area contributed by atoms with Crippen LogP contribution in [-0.2, 0) is 9.59 Å². The third-order valence-corrected chi connectivity index (χ3v) is 5.81. The van der Waals surface area contributed by atoms with Gasteiger partial charge >= 0.3 is 0 Å². The van der Waals surface area contributed by atoms with Crippen LogP contribution in [0.5, 0.6) is 11.6 Å². The van der Waals surface area contributed by atoms with Crippen molar-refractivity contribution in [1.82, 2.24) is 20.2 Å². The smallest absolute Gasteiger partial charge is 0.240 e. The fraction of sp³-hybridized carbons (Fsp3) is 0.208. The van der Waals surface area contributed by atoms with Crippen LogP contribution in [-0.4, -0.2) is 32.0 Å². The Balaban J connectivity index is 1.29. The number of anilines is 2. The minimum absolute atomic E-state index is 0.376. The van der Waals surface area contributed by atoms with Crippen LogP contribution in [0.25, 0.3) is 11.0 Å². The molecule has 34 heavy (non-hydrogen) atoms. The number of carbonyl (C=O) groups is 2. The maximum atomic E-state index is 13.1. The molecule has 1 aromatic carbocycles. The SMILES string of the molecule is Cc1cc(NC(=O)C2(C(=O)Nc3ccc(F)cc3)CC2)cnc1Oc1ccnc2n[nH]c(C)c12. The second-order valence-corrected chi connectivity index (χ2v) is 8.30. The normalized spacial score (nSPS) is 14.0. The molecule has 172 valence electrons. The molecule has 1 saturated carbocycles. The summed E-state index contributed by atoms with van der Waals surface area (Å²) in [4.78, 5) is 34.2. The predicted octanol–water partition coefficient (Wildman–Crippen LogP) is 4.26. The monoisotopic (exact) mass is 460 g/mol. The Morgan fingerprint density at radius 3 is 2.41 bits per heavy atom. The second kappa shape index (κ2) is 8.22. The quantitative estimate of drug-likeness (QED) is 0.370. The van der Waals surface area contributed by atoms with Crippen LogP contribution in [0.15, 0.2) is 48.8 Å². The summed E-state index contributed by atoms with van der Waals surface area (Å²) in [5.41, 5.74) is 1.81. The minimum Gasteiger partial charge on any atom is -0.438 e. The van der Waals surface area contributed by atoms with E-state index < -0.39 is 23.0 Å². The highest BCUT2D eigenvalue weighted by atomic mass is 19.1. The van der Waals surface area contributed by atoms with E-state index in [1.54, 1.807) is 18.3 Å². The zero-order valence-electron chi connectivity index (χ0n) is 18.5. The predicted molar refractivity (Wildman–Crippen MR) is 123 cm³/mol. The van der Waals surface area contributed by atoms with Crippen molar-refractivity contribution < 1.29 is 18.7 Å². The number of fused-ring (bicyclic) bond motifs is 1. The molecule has 3 aromatic heterocycles. The Bertz CT molecular complexity index is 1410. The molecule has 0 aliphatic heterocycles. The van der Waals surface area contributed by atoms with E-state index >= 15 is 0 Å². The molecule has 3 N–H and O–H groups in total. The standard InChI is InChI=1S/C24H21FN6O3/c1-13-11-17(12-27-21(13)34-18-7-10-26-20-19(18)14(2)30-31-20)29-23(33)24(8-9-24)22(32)28-16-5-3-15(25)4-6-16/h3-7,10-12H,8-9H2,1-2H3,(H,28,32)(H,29,33)(H,26,30,31). The first-order valence-electron chi connectivity index (χ1n) is 10.7. The average molecular weight is 460 g/mol. The summed E-state index contributed by atoms with van der Waals surface area (Å²) in [7, 11) is 0. The van der Waals surface area contributed by atoms with E-state index in [4.69, 9.17) is 4.74 Å². The van der Waals surface area contributed by atoms with Crippen LogP contribution in [0.1, 0.15) is 24.1 Å². The summed E-state index contributed by atoms with van der Waals surface area (Å²) in [6, 6.07) is 8.87. The number of hydrogen-bond acceptors (Lipinski definition) is 6. The van der Waals surface area contributed by atoms with Crippen molar-refractivity contribution in [3.8, 4) is 11.6 Å². The van der Waals surface area contributed by atoms with Gasteiger partial charge in [0.1, 0.15) is 17.0 Å². The van der Waals surface area contributed by atoms with E-state index in [1.807, 2.05) is 13.8 Å². The number of carbonyl (C=O) groups excluding carboxylic acids is 2. The molecule has 0 spiro atoms. The first-order chi connectivity index (χ1) is 16.4. The molecule has 5 rings (SSSR count). The highest BCUT2D eigenvalue weighted by Crippen LogP contribution is 2.47. The van der Waals surface area contributed by atoms with Gasteiger partial charge in [0.15, 0.2) is 5.65 Å². The summed E-state index contributed by atoms with van der Waals surface area (Å²) in [6.07, 6.45) is 3.95. The van der Waals surface area contributed by atoms with E-state index in [9.17, 15) is 14.0 Å². The molecule has 0 radical (unpaired) electrons. The van der Waals surface area contributed by atoms with Gasteiger partial charge in [-0.05, 0) is 57.0 Å². The third-order valence-electron chi connectivity index (χ3n) is 5.81. The van der Waals surface area contributed by atoms with Gasteiger partial charge in [0, 0.05) is 29.2 Å². The van der Waals surface area contributed by atoms with Crippen LogP contribution < -0.4 is 15.4 Å². The number of rotatable bonds is 6. The van der Waals surface area contributed by atoms with Crippen LogP contribution in [0.3, 0.4) is 0 Å². The van der Waals surface area contributed by atoms with Gasteiger partial charge in [-0.1, -0.05) is 0 Å². The lowest BCUT2D eigenvalue weighted by molar-refractivity contribution is -0.131. The van der Waals surface area contributed by atoms with Crippen molar-refractivity contribution in [3.63, 3.8) is 0 Å². The molecular weight excluding hydrogens is 439 g/mol. The van der Waals surface area contributed by atoms with E-state index in [0.29, 0.717) is 47.1 Å². The summed E-state index contributed by atoms with van der Waals surface area (Å²) < 4.78 is 19.1. The summed E-state index contributed by atoms with van der Waals surface area (Å²) in [5.74, 6) is -0.287. The molecule has 0 saturated heterocycles. The molecule has 4 aromatic rings. The highest BCUT2D eigenvalue weighted by Gasteiger charge is 2.56. The topological polar surface area (TPSA) is 122 Å². The number of amides is 2. The number of benzene rings is 1. The van der Waals surface area contributed by atoms with Crippen molar-refractivity contribution in [3.05, 3.63) is 65.9 Å². The van der Waals surface area contributed by atoms with Crippen molar-refractivity contribution in [2.75, 3.05) is 10.6 Å². The Morgan fingerprint density at radius 2 is 1.74 bits per heavy atom. The van der Waals surface area contributed by atoms with Crippen molar-refractivity contribution in [2.45, 2.75) is 26.7 Å². The molecule has 9 nitrogen and oxygen atoms in total. The van der Waals surface area contributed by atoms with Crippen LogP contribution in [0, 0.1) is 25.1 Å². The highest BCUT2D eigenvalue weighted by molar-refractivity contribution is 6.16. The zero-order valence-corrected chi connectivity index (χ0v) is 18.5. The van der Waals surface area contributed by atoms with E-state index in [0.717, 1.165) is 11.1 Å². The number of hydrogen-bond donors (Lipinski definition) is 3. The first-order valence-corrected chi connectivity index (χ1v) is 10.7. The molecule has 2 amide bonds. The van der Waals surface area contributed by atoms with Gasteiger partial charge in [0.25, 0.3) is 0 Å². The Labute approximate surface area is 193 Å². The minimum atomic E-state index is -1.15. The lowest BCUT2D eigenvalue weighted by atomic mass is 10.0. The number of nitrogens with zero attached hydrogens (tertiary/aromatic N) is 3. The van der Waals surface area contributed by atoms with E-state index in [-0.39, 0.29) is 0 Å². The number of aromatic amines is 1. The molecule has 10 heteroatoms. The summed E-state index contributed by atoms with van der Waals surface area (Å²) >= 11 is 0. The van der Waals surface area contributed by atoms with E-state index in [2.05, 4.69) is 30.8 Å². The van der Waals surface area contributed by atoms with Gasteiger partial charge < -0.3 is 15.4 Å². The van der Waals surface area contributed by atoms with Crippen LogP contribution in [0.2, 0.25) is 0 Å². The molecular formula is C24H21FN6O3. The van der Waals surface area contributed by atoms with E-state index in [1.165, 1.54) is 30.5 Å². The maximum absolute atomic E-state index is 13.1. The Hall–Kier alpha value is -4.34. The number of aromatic nitrogens is 4.